The van der Waals surface area contributed by atoms with E-state index in [4.69, 9.17) is 4.74 Å². The first kappa shape index (κ1) is 16.6. The van der Waals surface area contributed by atoms with Crippen LogP contribution in [0.3, 0.4) is 0 Å². The standard InChI is InChI=1S/C18H23BO3/c1-13-11-15(18(2,3)4)9-10-17(13)22-12-14-7-5-6-8-16(14)19(20)21/h5-11,20-21H,12H2,1-4H3. The van der Waals surface area contributed by atoms with E-state index in [1.807, 2.05) is 25.1 Å². The van der Waals surface area contributed by atoms with Gasteiger partial charge in [0, 0.05) is 0 Å². The van der Waals surface area contributed by atoms with Gasteiger partial charge in [0.05, 0.1) is 0 Å². The number of hydrogen-bond donors (Lipinski definition) is 2. The van der Waals surface area contributed by atoms with Crippen LogP contribution in [-0.2, 0) is 12.0 Å². The quantitative estimate of drug-likeness (QED) is 0.853. The highest BCUT2D eigenvalue weighted by Gasteiger charge is 2.17. The third kappa shape index (κ3) is 3.90. The lowest BCUT2D eigenvalue weighted by Gasteiger charge is -2.21. The molecule has 116 valence electrons. The van der Waals surface area contributed by atoms with Gasteiger partial charge in [-0.05, 0) is 40.6 Å². The van der Waals surface area contributed by atoms with Gasteiger partial charge in [-0.1, -0.05) is 57.2 Å². The predicted octanol–water partition coefficient (Wildman–Crippen LogP) is 2.55. The van der Waals surface area contributed by atoms with Gasteiger partial charge in [-0.15, -0.1) is 0 Å². The lowest BCUT2D eigenvalue weighted by Crippen LogP contribution is -2.33. The van der Waals surface area contributed by atoms with Crippen molar-refractivity contribution < 1.29 is 14.8 Å². The summed E-state index contributed by atoms with van der Waals surface area (Å²) in [6.07, 6.45) is 0. The van der Waals surface area contributed by atoms with Crippen LogP contribution in [0.15, 0.2) is 42.5 Å². The van der Waals surface area contributed by atoms with Gasteiger partial charge >= 0.3 is 7.12 Å². The lowest BCUT2D eigenvalue weighted by molar-refractivity contribution is 0.304. The van der Waals surface area contributed by atoms with E-state index >= 15 is 0 Å². The van der Waals surface area contributed by atoms with Crippen molar-refractivity contribution in [2.24, 2.45) is 0 Å². The second-order valence-corrected chi connectivity index (χ2v) is 6.59. The van der Waals surface area contributed by atoms with Crippen LogP contribution in [0.25, 0.3) is 0 Å². The fourth-order valence-electron chi connectivity index (χ4n) is 2.35. The van der Waals surface area contributed by atoms with E-state index in [0.29, 0.717) is 12.1 Å². The van der Waals surface area contributed by atoms with Crippen LogP contribution in [0, 0.1) is 6.92 Å². The SMILES string of the molecule is Cc1cc(C(C)(C)C)ccc1OCc1ccccc1B(O)O. The Morgan fingerprint density at radius 1 is 1.05 bits per heavy atom. The molecule has 0 aliphatic heterocycles. The molecule has 0 aromatic heterocycles. The van der Waals surface area contributed by atoms with E-state index in [-0.39, 0.29) is 5.41 Å². The Hall–Kier alpha value is -1.78. The Labute approximate surface area is 132 Å². The summed E-state index contributed by atoms with van der Waals surface area (Å²) in [5, 5.41) is 18.8. The van der Waals surface area contributed by atoms with Crippen molar-refractivity contribution in [1.29, 1.82) is 0 Å². The fourth-order valence-corrected chi connectivity index (χ4v) is 2.35. The normalized spacial score (nSPS) is 11.4. The zero-order valence-electron chi connectivity index (χ0n) is 13.6. The molecule has 2 rings (SSSR count). The van der Waals surface area contributed by atoms with Crippen molar-refractivity contribution in [2.45, 2.75) is 39.7 Å². The van der Waals surface area contributed by atoms with Crippen molar-refractivity contribution in [3.05, 3.63) is 59.2 Å². The smallest absolute Gasteiger partial charge is 0.488 e. The van der Waals surface area contributed by atoms with Gasteiger partial charge in [-0.25, -0.2) is 0 Å². The van der Waals surface area contributed by atoms with Gasteiger partial charge in [0.25, 0.3) is 0 Å². The first-order valence-corrected chi connectivity index (χ1v) is 7.47. The predicted molar refractivity (Wildman–Crippen MR) is 90.5 cm³/mol. The number of aryl methyl sites for hydroxylation is 1. The Balaban J connectivity index is 2.16. The molecule has 22 heavy (non-hydrogen) atoms. The molecule has 0 spiro atoms. The van der Waals surface area contributed by atoms with Crippen molar-refractivity contribution in [2.75, 3.05) is 0 Å². The van der Waals surface area contributed by atoms with E-state index in [1.54, 1.807) is 12.1 Å². The van der Waals surface area contributed by atoms with E-state index in [9.17, 15) is 10.0 Å². The summed E-state index contributed by atoms with van der Waals surface area (Å²) < 4.78 is 5.86. The van der Waals surface area contributed by atoms with Crippen molar-refractivity contribution in [3.8, 4) is 5.75 Å². The zero-order chi connectivity index (χ0) is 16.3. The molecule has 0 bridgehead atoms. The molecule has 0 aliphatic carbocycles. The van der Waals surface area contributed by atoms with Crippen LogP contribution < -0.4 is 10.2 Å². The van der Waals surface area contributed by atoms with E-state index < -0.39 is 7.12 Å². The molecule has 3 nitrogen and oxygen atoms in total. The molecule has 0 unspecified atom stereocenters. The summed E-state index contributed by atoms with van der Waals surface area (Å²) in [6, 6.07) is 13.4. The van der Waals surface area contributed by atoms with Gasteiger partial charge in [0.2, 0.25) is 0 Å². The van der Waals surface area contributed by atoms with Gasteiger partial charge in [-0.3, -0.25) is 0 Å². The molecule has 0 heterocycles. The molecule has 0 aliphatic rings. The molecule has 0 radical (unpaired) electrons. The molecular formula is C18H23BO3. The number of rotatable bonds is 4. The maximum atomic E-state index is 9.38. The van der Waals surface area contributed by atoms with Crippen LogP contribution in [0.1, 0.15) is 37.5 Å². The number of hydrogen-bond acceptors (Lipinski definition) is 3. The molecule has 0 amide bonds. The molecule has 2 aromatic carbocycles. The summed E-state index contributed by atoms with van der Waals surface area (Å²) in [6.45, 7) is 8.88. The molecular weight excluding hydrogens is 275 g/mol. The largest absolute Gasteiger partial charge is 0.489 e. The molecule has 0 atom stereocenters. The number of ether oxygens (including phenoxy) is 1. The monoisotopic (exact) mass is 298 g/mol. The Morgan fingerprint density at radius 2 is 1.73 bits per heavy atom. The minimum absolute atomic E-state index is 0.108. The van der Waals surface area contributed by atoms with Gasteiger partial charge in [0.15, 0.2) is 0 Å². The van der Waals surface area contributed by atoms with Gasteiger partial charge in [0.1, 0.15) is 12.4 Å². The third-order valence-corrected chi connectivity index (χ3v) is 3.76. The highest BCUT2D eigenvalue weighted by molar-refractivity contribution is 6.59. The summed E-state index contributed by atoms with van der Waals surface area (Å²) in [7, 11) is -1.48. The summed E-state index contributed by atoms with van der Waals surface area (Å²) >= 11 is 0. The minimum atomic E-state index is -1.48. The highest BCUT2D eigenvalue weighted by atomic mass is 16.5. The topological polar surface area (TPSA) is 49.7 Å². The summed E-state index contributed by atoms with van der Waals surface area (Å²) in [4.78, 5) is 0. The van der Waals surface area contributed by atoms with Crippen molar-refractivity contribution in [1.82, 2.24) is 0 Å². The van der Waals surface area contributed by atoms with Crippen molar-refractivity contribution >= 4 is 12.6 Å². The van der Waals surface area contributed by atoms with E-state index in [1.165, 1.54) is 5.56 Å². The summed E-state index contributed by atoms with van der Waals surface area (Å²) in [5.41, 5.74) is 3.71. The highest BCUT2D eigenvalue weighted by Crippen LogP contribution is 2.27. The Bertz CT molecular complexity index is 645. The Kier molecular flexibility index (Phi) is 4.94. The second kappa shape index (κ2) is 6.55. The average Bonchev–Trinajstić information content (AvgIpc) is 2.45. The fraction of sp³-hybridized carbons (Fsp3) is 0.333. The lowest BCUT2D eigenvalue weighted by atomic mass is 9.77. The molecule has 4 heteroatoms. The van der Waals surface area contributed by atoms with Crippen LogP contribution in [-0.4, -0.2) is 17.2 Å². The van der Waals surface area contributed by atoms with E-state index in [0.717, 1.165) is 16.9 Å². The molecule has 2 N–H and O–H groups in total. The molecule has 0 saturated heterocycles. The molecule has 2 aromatic rings. The van der Waals surface area contributed by atoms with E-state index in [2.05, 4.69) is 32.9 Å². The zero-order valence-corrected chi connectivity index (χ0v) is 13.6. The summed E-state index contributed by atoms with van der Waals surface area (Å²) in [5.74, 6) is 0.815. The average molecular weight is 298 g/mol. The van der Waals surface area contributed by atoms with Gasteiger partial charge < -0.3 is 14.8 Å². The van der Waals surface area contributed by atoms with Crippen LogP contribution in [0.4, 0.5) is 0 Å². The number of benzene rings is 2. The van der Waals surface area contributed by atoms with Gasteiger partial charge in [-0.2, -0.15) is 0 Å². The van der Waals surface area contributed by atoms with Crippen LogP contribution in [0.5, 0.6) is 5.75 Å². The maximum Gasteiger partial charge on any atom is 0.488 e. The van der Waals surface area contributed by atoms with Crippen LogP contribution in [0.2, 0.25) is 0 Å². The molecule has 0 saturated carbocycles. The minimum Gasteiger partial charge on any atom is -0.489 e. The Morgan fingerprint density at radius 3 is 2.32 bits per heavy atom. The first-order chi connectivity index (χ1) is 10.3. The molecule has 0 fully saturated rings. The first-order valence-electron chi connectivity index (χ1n) is 7.47. The van der Waals surface area contributed by atoms with Crippen molar-refractivity contribution in [3.63, 3.8) is 0 Å². The maximum absolute atomic E-state index is 9.38. The third-order valence-electron chi connectivity index (χ3n) is 3.76. The van der Waals surface area contributed by atoms with Crippen LogP contribution >= 0.6 is 0 Å². The second-order valence-electron chi connectivity index (χ2n) is 6.59.